The first-order chi connectivity index (χ1) is 7.72. The van der Waals surface area contributed by atoms with E-state index >= 15 is 0 Å². The molecule has 0 saturated heterocycles. The van der Waals surface area contributed by atoms with Gasteiger partial charge in [-0.3, -0.25) is 0 Å². The molecule has 1 N–H and O–H groups in total. The van der Waals surface area contributed by atoms with E-state index in [9.17, 15) is 0 Å². The van der Waals surface area contributed by atoms with Gasteiger partial charge in [-0.1, -0.05) is 33.6 Å². The van der Waals surface area contributed by atoms with Gasteiger partial charge in [0.25, 0.3) is 0 Å². The van der Waals surface area contributed by atoms with E-state index < -0.39 is 0 Å². The van der Waals surface area contributed by atoms with Gasteiger partial charge in [-0.2, -0.15) is 0 Å². The molecule has 16 heavy (non-hydrogen) atoms. The van der Waals surface area contributed by atoms with Gasteiger partial charge in [-0.15, -0.1) is 0 Å². The molecule has 92 valence electrons. The highest BCUT2D eigenvalue weighted by molar-refractivity contribution is 5.09. The first-order valence-corrected chi connectivity index (χ1v) is 6.57. The molecule has 0 aliphatic rings. The molecule has 2 heteroatoms. The van der Waals surface area contributed by atoms with E-state index in [-0.39, 0.29) is 0 Å². The molecule has 0 atom stereocenters. The fourth-order valence-corrected chi connectivity index (χ4v) is 1.78. The minimum absolute atomic E-state index is 0.728. The van der Waals surface area contributed by atoms with Gasteiger partial charge >= 0.3 is 0 Å². The van der Waals surface area contributed by atoms with E-state index in [1.807, 2.05) is 0 Å². The highest BCUT2D eigenvalue weighted by Gasteiger charge is 1.98. The van der Waals surface area contributed by atoms with Crippen molar-refractivity contribution in [1.29, 1.82) is 0 Å². The Kier molecular flexibility index (Phi) is 6.24. The van der Waals surface area contributed by atoms with Crippen molar-refractivity contribution in [3.8, 4) is 0 Å². The Morgan fingerprint density at radius 1 is 1.31 bits per heavy atom. The summed E-state index contributed by atoms with van der Waals surface area (Å²) in [7, 11) is 0. The number of unbranched alkanes of at least 4 members (excludes halogenated alkanes) is 2. The molecule has 0 amide bonds. The lowest BCUT2D eigenvalue weighted by Crippen LogP contribution is -2.18. The monoisotopic (exact) mass is 222 g/mol. The van der Waals surface area contributed by atoms with E-state index in [4.69, 9.17) is 0 Å². The second-order valence-corrected chi connectivity index (χ2v) is 4.99. The van der Waals surface area contributed by atoms with Crippen molar-refractivity contribution >= 4 is 0 Å². The standard InChI is InChI=1S/C14H26N2/c1-4-5-6-8-16-9-7-14(12-16)11-15-10-13(2)3/h7,9,12-13,15H,4-6,8,10-11H2,1-3H3. The summed E-state index contributed by atoms with van der Waals surface area (Å²) < 4.78 is 2.31. The van der Waals surface area contributed by atoms with E-state index in [0.29, 0.717) is 0 Å². The van der Waals surface area contributed by atoms with Crippen LogP contribution in [0.25, 0.3) is 0 Å². The van der Waals surface area contributed by atoms with Crippen LogP contribution in [0, 0.1) is 5.92 Å². The van der Waals surface area contributed by atoms with Crippen molar-refractivity contribution in [2.24, 2.45) is 5.92 Å². The van der Waals surface area contributed by atoms with Crippen LogP contribution in [0.4, 0.5) is 0 Å². The molecule has 0 spiro atoms. The number of aryl methyl sites for hydroxylation is 1. The third-order valence-electron chi connectivity index (χ3n) is 2.71. The van der Waals surface area contributed by atoms with Gasteiger partial charge in [0.05, 0.1) is 0 Å². The number of nitrogens with one attached hydrogen (secondary N) is 1. The highest BCUT2D eigenvalue weighted by Crippen LogP contribution is 2.04. The van der Waals surface area contributed by atoms with E-state index in [1.165, 1.54) is 24.8 Å². The first kappa shape index (κ1) is 13.3. The molecule has 1 heterocycles. The third-order valence-corrected chi connectivity index (χ3v) is 2.71. The van der Waals surface area contributed by atoms with Crippen LogP contribution in [-0.4, -0.2) is 11.1 Å². The molecule has 0 fully saturated rings. The Morgan fingerprint density at radius 3 is 2.81 bits per heavy atom. The maximum atomic E-state index is 3.47. The van der Waals surface area contributed by atoms with Crippen molar-refractivity contribution in [3.63, 3.8) is 0 Å². The quantitative estimate of drug-likeness (QED) is 0.667. The summed E-state index contributed by atoms with van der Waals surface area (Å²) in [5.74, 6) is 0.728. The second-order valence-electron chi connectivity index (χ2n) is 4.99. The molecular weight excluding hydrogens is 196 g/mol. The Labute approximate surface area is 100 Å². The average Bonchev–Trinajstić information content (AvgIpc) is 2.66. The van der Waals surface area contributed by atoms with Crippen LogP contribution in [0.5, 0.6) is 0 Å². The lowest BCUT2D eigenvalue weighted by molar-refractivity contribution is 0.551. The zero-order valence-corrected chi connectivity index (χ0v) is 11.0. The normalized spacial score (nSPS) is 11.2. The van der Waals surface area contributed by atoms with Crippen LogP contribution in [0.2, 0.25) is 0 Å². The van der Waals surface area contributed by atoms with Crippen molar-refractivity contribution in [2.75, 3.05) is 6.54 Å². The molecule has 1 rings (SSSR count). The zero-order chi connectivity index (χ0) is 11.8. The molecule has 0 aliphatic heterocycles. The zero-order valence-electron chi connectivity index (χ0n) is 11.0. The molecule has 0 aromatic carbocycles. The molecular formula is C14H26N2. The van der Waals surface area contributed by atoms with Gasteiger partial charge < -0.3 is 9.88 Å². The fraction of sp³-hybridized carbons (Fsp3) is 0.714. The van der Waals surface area contributed by atoms with Gasteiger partial charge in [-0.05, 0) is 30.5 Å². The van der Waals surface area contributed by atoms with Crippen molar-refractivity contribution < 1.29 is 0 Å². The Hall–Kier alpha value is -0.760. The Balaban J connectivity index is 2.22. The minimum atomic E-state index is 0.728. The van der Waals surface area contributed by atoms with Crippen LogP contribution in [0.3, 0.4) is 0 Å². The number of rotatable bonds is 8. The summed E-state index contributed by atoms with van der Waals surface area (Å²) in [4.78, 5) is 0. The summed E-state index contributed by atoms with van der Waals surface area (Å²) in [5.41, 5.74) is 1.40. The highest BCUT2D eigenvalue weighted by atomic mass is 14.9. The lowest BCUT2D eigenvalue weighted by Gasteiger charge is -2.05. The van der Waals surface area contributed by atoms with Crippen molar-refractivity contribution in [2.45, 2.75) is 53.1 Å². The smallest absolute Gasteiger partial charge is 0.0220 e. The van der Waals surface area contributed by atoms with Crippen LogP contribution >= 0.6 is 0 Å². The van der Waals surface area contributed by atoms with Crippen LogP contribution in [0.15, 0.2) is 18.5 Å². The summed E-state index contributed by atoms with van der Waals surface area (Å²) in [6.07, 6.45) is 8.39. The minimum Gasteiger partial charge on any atom is -0.354 e. The number of hydrogen-bond donors (Lipinski definition) is 1. The number of nitrogens with zero attached hydrogens (tertiary/aromatic N) is 1. The second kappa shape index (κ2) is 7.50. The van der Waals surface area contributed by atoms with Gasteiger partial charge in [0, 0.05) is 25.5 Å². The summed E-state index contributed by atoms with van der Waals surface area (Å²) in [6.45, 7) is 9.99. The van der Waals surface area contributed by atoms with Crippen LogP contribution < -0.4 is 5.32 Å². The van der Waals surface area contributed by atoms with Crippen LogP contribution in [0.1, 0.15) is 45.6 Å². The predicted molar refractivity (Wildman–Crippen MR) is 70.5 cm³/mol. The van der Waals surface area contributed by atoms with Crippen molar-refractivity contribution in [1.82, 2.24) is 9.88 Å². The predicted octanol–water partition coefficient (Wildman–Crippen LogP) is 3.42. The van der Waals surface area contributed by atoms with E-state index in [1.54, 1.807) is 0 Å². The first-order valence-electron chi connectivity index (χ1n) is 6.57. The molecule has 2 nitrogen and oxygen atoms in total. The molecule has 0 radical (unpaired) electrons. The molecule has 0 bridgehead atoms. The third kappa shape index (κ3) is 5.36. The molecule has 0 aliphatic carbocycles. The maximum absolute atomic E-state index is 3.47. The van der Waals surface area contributed by atoms with Crippen LogP contribution in [-0.2, 0) is 13.1 Å². The van der Waals surface area contributed by atoms with E-state index in [2.05, 4.69) is 49.1 Å². The lowest BCUT2D eigenvalue weighted by atomic mass is 10.2. The Bertz CT molecular complexity index is 276. The topological polar surface area (TPSA) is 17.0 Å². The molecule has 1 aromatic heterocycles. The summed E-state index contributed by atoms with van der Waals surface area (Å²) >= 11 is 0. The number of aromatic nitrogens is 1. The molecule has 0 unspecified atom stereocenters. The Morgan fingerprint density at radius 2 is 2.12 bits per heavy atom. The SMILES string of the molecule is CCCCCn1ccc(CNCC(C)C)c1. The summed E-state index contributed by atoms with van der Waals surface area (Å²) in [5, 5.41) is 3.47. The summed E-state index contributed by atoms with van der Waals surface area (Å²) in [6, 6.07) is 2.22. The number of hydrogen-bond acceptors (Lipinski definition) is 1. The average molecular weight is 222 g/mol. The van der Waals surface area contributed by atoms with Gasteiger partial charge in [-0.25, -0.2) is 0 Å². The van der Waals surface area contributed by atoms with Gasteiger partial charge in [0.15, 0.2) is 0 Å². The largest absolute Gasteiger partial charge is 0.354 e. The maximum Gasteiger partial charge on any atom is 0.0220 e. The van der Waals surface area contributed by atoms with E-state index in [0.717, 1.165) is 25.6 Å². The fourth-order valence-electron chi connectivity index (χ4n) is 1.78. The van der Waals surface area contributed by atoms with Gasteiger partial charge in [0.1, 0.15) is 0 Å². The molecule has 0 saturated carbocycles. The van der Waals surface area contributed by atoms with Gasteiger partial charge in [0.2, 0.25) is 0 Å². The molecule has 1 aromatic rings. The van der Waals surface area contributed by atoms with Crippen molar-refractivity contribution in [3.05, 3.63) is 24.0 Å².